The van der Waals surface area contributed by atoms with E-state index in [2.05, 4.69) is 32.9 Å². The van der Waals surface area contributed by atoms with E-state index in [9.17, 15) is 14.9 Å². The van der Waals surface area contributed by atoms with Gasteiger partial charge in [-0.05, 0) is 17.3 Å². The zero-order valence-corrected chi connectivity index (χ0v) is 10.7. The molecular formula is C9H12IN3O3. The first-order chi connectivity index (χ1) is 7.65. The van der Waals surface area contributed by atoms with Crippen LogP contribution in [0.3, 0.4) is 0 Å². The van der Waals surface area contributed by atoms with Gasteiger partial charge in [-0.3, -0.25) is 14.9 Å². The monoisotopic (exact) mass is 337 g/mol. The first-order valence-electron chi connectivity index (χ1n) is 4.82. The van der Waals surface area contributed by atoms with E-state index in [4.69, 9.17) is 0 Å². The van der Waals surface area contributed by atoms with E-state index in [0.717, 1.165) is 17.3 Å². The SMILES string of the molecule is O=C(NCCCCI)c1cc([N+](=O)[O-])c[nH]1. The molecule has 7 heteroatoms. The number of carbonyl (C=O) groups excluding carboxylic acids is 1. The lowest BCUT2D eigenvalue weighted by molar-refractivity contribution is -0.384. The van der Waals surface area contributed by atoms with Crippen molar-refractivity contribution in [3.05, 3.63) is 28.1 Å². The van der Waals surface area contributed by atoms with Gasteiger partial charge < -0.3 is 10.3 Å². The van der Waals surface area contributed by atoms with Gasteiger partial charge in [0.15, 0.2) is 0 Å². The highest BCUT2D eigenvalue weighted by Crippen LogP contribution is 2.11. The predicted octanol–water partition coefficient (Wildman–Crippen LogP) is 1.87. The van der Waals surface area contributed by atoms with E-state index in [1.165, 1.54) is 12.3 Å². The van der Waals surface area contributed by atoms with E-state index in [-0.39, 0.29) is 17.3 Å². The fourth-order valence-electron chi connectivity index (χ4n) is 1.14. The number of unbranched alkanes of at least 4 members (excludes halogenated alkanes) is 1. The summed E-state index contributed by atoms with van der Waals surface area (Å²) in [6.07, 6.45) is 3.17. The summed E-state index contributed by atoms with van der Waals surface area (Å²) in [7, 11) is 0. The summed E-state index contributed by atoms with van der Waals surface area (Å²) in [5.41, 5.74) is 0.124. The van der Waals surface area contributed by atoms with Crippen LogP contribution in [-0.2, 0) is 0 Å². The lowest BCUT2D eigenvalue weighted by Crippen LogP contribution is -2.24. The number of rotatable bonds is 6. The number of amides is 1. The average molecular weight is 337 g/mol. The topological polar surface area (TPSA) is 88.0 Å². The van der Waals surface area contributed by atoms with Crippen molar-refractivity contribution < 1.29 is 9.72 Å². The van der Waals surface area contributed by atoms with Crippen molar-refractivity contribution in [2.45, 2.75) is 12.8 Å². The van der Waals surface area contributed by atoms with Crippen molar-refractivity contribution in [3.63, 3.8) is 0 Å². The highest BCUT2D eigenvalue weighted by Gasteiger charge is 2.13. The third kappa shape index (κ3) is 3.80. The first-order valence-corrected chi connectivity index (χ1v) is 6.34. The van der Waals surface area contributed by atoms with Gasteiger partial charge in [0.1, 0.15) is 5.69 Å². The molecule has 0 aromatic carbocycles. The van der Waals surface area contributed by atoms with Crippen molar-refractivity contribution in [3.8, 4) is 0 Å². The number of halogens is 1. The van der Waals surface area contributed by atoms with Crippen LogP contribution in [0.2, 0.25) is 0 Å². The van der Waals surface area contributed by atoms with Crippen molar-refractivity contribution in [2.75, 3.05) is 11.0 Å². The molecule has 1 aromatic heterocycles. The number of nitrogens with one attached hydrogen (secondary N) is 2. The highest BCUT2D eigenvalue weighted by atomic mass is 127. The fourth-order valence-corrected chi connectivity index (χ4v) is 1.68. The van der Waals surface area contributed by atoms with Gasteiger partial charge in [0.2, 0.25) is 0 Å². The molecule has 0 bridgehead atoms. The Morgan fingerprint density at radius 3 is 2.88 bits per heavy atom. The van der Waals surface area contributed by atoms with Crippen LogP contribution in [0, 0.1) is 10.1 Å². The van der Waals surface area contributed by atoms with Crippen molar-refractivity contribution in [1.29, 1.82) is 0 Å². The third-order valence-electron chi connectivity index (χ3n) is 1.97. The number of aromatic amines is 1. The number of H-pyrrole nitrogens is 1. The Morgan fingerprint density at radius 1 is 1.56 bits per heavy atom. The van der Waals surface area contributed by atoms with Crippen LogP contribution in [-0.4, -0.2) is 26.8 Å². The third-order valence-corrected chi connectivity index (χ3v) is 2.73. The molecule has 0 unspecified atom stereocenters. The van der Waals surface area contributed by atoms with E-state index in [1.54, 1.807) is 0 Å². The van der Waals surface area contributed by atoms with Crippen molar-refractivity contribution >= 4 is 34.2 Å². The molecule has 0 atom stereocenters. The number of aromatic nitrogens is 1. The van der Waals surface area contributed by atoms with Gasteiger partial charge in [-0.1, -0.05) is 22.6 Å². The van der Waals surface area contributed by atoms with E-state index >= 15 is 0 Å². The van der Waals surface area contributed by atoms with Crippen LogP contribution in [0.5, 0.6) is 0 Å². The van der Waals surface area contributed by atoms with Crippen LogP contribution in [0.25, 0.3) is 0 Å². The summed E-state index contributed by atoms with van der Waals surface area (Å²) >= 11 is 2.27. The maximum Gasteiger partial charge on any atom is 0.287 e. The molecule has 0 radical (unpaired) electrons. The molecule has 16 heavy (non-hydrogen) atoms. The predicted molar refractivity (Wildman–Crippen MR) is 67.9 cm³/mol. The quantitative estimate of drug-likeness (QED) is 0.273. The summed E-state index contributed by atoms with van der Waals surface area (Å²) in [5.74, 6) is -0.304. The van der Waals surface area contributed by atoms with Crippen molar-refractivity contribution in [1.82, 2.24) is 10.3 Å². The van der Waals surface area contributed by atoms with E-state index < -0.39 is 4.92 Å². The molecule has 6 nitrogen and oxygen atoms in total. The zero-order chi connectivity index (χ0) is 12.0. The minimum absolute atomic E-state index is 0.0996. The Balaban J connectivity index is 2.43. The van der Waals surface area contributed by atoms with Crippen LogP contribution >= 0.6 is 22.6 Å². The first kappa shape index (κ1) is 12.9. The molecule has 0 aliphatic carbocycles. The Morgan fingerprint density at radius 2 is 2.31 bits per heavy atom. The maximum atomic E-state index is 11.5. The Labute approximate surface area is 106 Å². The van der Waals surface area contributed by atoms with Gasteiger partial charge in [0.05, 0.1) is 11.1 Å². The molecule has 0 spiro atoms. The molecule has 2 N–H and O–H groups in total. The molecule has 0 aliphatic rings. The van der Waals surface area contributed by atoms with Gasteiger partial charge in [0.25, 0.3) is 11.6 Å². The number of alkyl halides is 1. The largest absolute Gasteiger partial charge is 0.351 e. The van der Waals surface area contributed by atoms with Crippen molar-refractivity contribution in [2.24, 2.45) is 0 Å². The maximum absolute atomic E-state index is 11.5. The summed E-state index contributed by atoms with van der Waals surface area (Å²) in [6, 6.07) is 1.23. The lowest BCUT2D eigenvalue weighted by Gasteiger charge is -2.01. The lowest BCUT2D eigenvalue weighted by atomic mass is 10.3. The van der Waals surface area contributed by atoms with Gasteiger partial charge >= 0.3 is 0 Å². The zero-order valence-electron chi connectivity index (χ0n) is 8.53. The Bertz CT molecular complexity index is 378. The van der Waals surface area contributed by atoms with Crippen LogP contribution in [0.15, 0.2) is 12.3 Å². The average Bonchev–Trinajstić information content (AvgIpc) is 2.73. The van der Waals surface area contributed by atoms with Gasteiger partial charge in [-0.2, -0.15) is 0 Å². The molecule has 0 saturated carbocycles. The van der Waals surface area contributed by atoms with Gasteiger partial charge in [0, 0.05) is 12.6 Å². The second kappa shape index (κ2) is 6.46. The Kier molecular flexibility index (Phi) is 5.23. The fraction of sp³-hybridized carbons (Fsp3) is 0.444. The summed E-state index contributed by atoms with van der Waals surface area (Å²) in [6.45, 7) is 0.592. The number of hydrogen-bond acceptors (Lipinski definition) is 3. The Hall–Kier alpha value is -1.12. The number of nitro groups is 1. The molecule has 1 aromatic rings. The van der Waals surface area contributed by atoms with E-state index in [0.29, 0.717) is 6.54 Å². The van der Waals surface area contributed by atoms with E-state index in [1.807, 2.05) is 0 Å². The minimum Gasteiger partial charge on any atom is -0.351 e. The molecule has 0 fully saturated rings. The van der Waals surface area contributed by atoms with Crippen LogP contribution in [0.1, 0.15) is 23.3 Å². The van der Waals surface area contributed by atoms with Gasteiger partial charge in [-0.25, -0.2) is 0 Å². The molecule has 1 amide bonds. The summed E-state index contributed by atoms with van der Waals surface area (Å²) in [5, 5.41) is 13.1. The summed E-state index contributed by atoms with van der Waals surface area (Å²) < 4.78 is 1.06. The summed E-state index contributed by atoms with van der Waals surface area (Å²) in [4.78, 5) is 23.9. The van der Waals surface area contributed by atoms with Crippen LogP contribution in [0.4, 0.5) is 5.69 Å². The van der Waals surface area contributed by atoms with Crippen LogP contribution < -0.4 is 5.32 Å². The minimum atomic E-state index is -0.538. The smallest absolute Gasteiger partial charge is 0.287 e. The molecule has 88 valence electrons. The number of nitrogens with zero attached hydrogens (tertiary/aromatic N) is 1. The molecule has 1 heterocycles. The van der Waals surface area contributed by atoms with Gasteiger partial charge in [-0.15, -0.1) is 0 Å². The highest BCUT2D eigenvalue weighted by molar-refractivity contribution is 14.1. The number of carbonyl (C=O) groups is 1. The molecule has 0 aliphatic heterocycles. The number of hydrogen-bond donors (Lipinski definition) is 2. The normalized spacial score (nSPS) is 10.1. The second-order valence-electron chi connectivity index (χ2n) is 3.18. The standard InChI is InChI=1S/C9H12IN3O3/c10-3-1-2-4-11-9(14)8-5-7(6-12-8)13(15)16/h5-6,12H,1-4H2,(H,11,14). The molecule has 0 saturated heterocycles. The molecule has 1 rings (SSSR count). The second-order valence-corrected chi connectivity index (χ2v) is 4.26. The molecular weight excluding hydrogens is 325 g/mol.